The van der Waals surface area contributed by atoms with Crippen molar-refractivity contribution in [2.45, 2.75) is 13.3 Å². The van der Waals surface area contributed by atoms with Crippen LogP contribution in [-0.2, 0) is 0 Å². The van der Waals surface area contributed by atoms with Crippen molar-refractivity contribution >= 4 is 11.6 Å². The van der Waals surface area contributed by atoms with Gasteiger partial charge in [-0.15, -0.1) is 0 Å². The molecule has 0 saturated heterocycles. The van der Waals surface area contributed by atoms with E-state index in [0.29, 0.717) is 17.7 Å². The largest absolute Gasteiger partial charge is 0.395 e. The molecule has 20 heavy (non-hydrogen) atoms. The second-order valence-electron chi connectivity index (χ2n) is 4.14. The van der Waals surface area contributed by atoms with E-state index >= 15 is 0 Å². The summed E-state index contributed by atoms with van der Waals surface area (Å²) in [5.41, 5.74) is 2.17. The molecule has 2 aromatic rings. The average molecular weight is 270 g/mol. The number of hydrogen-bond donors (Lipinski definition) is 2. The van der Waals surface area contributed by atoms with Crippen molar-refractivity contribution in [3.05, 3.63) is 47.3 Å². The Hall–Kier alpha value is -2.58. The number of amides is 1. The highest BCUT2D eigenvalue weighted by molar-refractivity contribution is 6.03. The number of rotatable bonds is 3. The Morgan fingerprint density at radius 2 is 2.15 bits per heavy atom. The molecule has 0 aliphatic carbocycles. The molecule has 1 aromatic carbocycles. The molecule has 0 unspecified atom stereocenters. The first-order valence-corrected chi connectivity index (χ1v) is 6.13. The Morgan fingerprint density at radius 3 is 2.75 bits per heavy atom. The zero-order chi connectivity index (χ0) is 14.4. The van der Waals surface area contributed by atoms with Crippen molar-refractivity contribution in [3.63, 3.8) is 0 Å². The molecule has 0 aliphatic heterocycles. The van der Waals surface area contributed by atoms with Crippen molar-refractivity contribution in [3.8, 4) is 11.8 Å². The normalized spacial score (nSPS) is 9.70. The summed E-state index contributed by atoms with van der Waals surface area (Å²) in [6.07, 6.45) is 1.94. The fourth-order valence-corrected chi connectivity index (χ4v) is 1.55. The number of aryl methyl sites for hydroxylation is 1. The molecule has 1 heterocycles. The molecule has 0 spiro atoms. The topological polar surface area (TPSA) is 75.4 Å². The SMILES string of the molecule is Cc1cnoc1C(=O)Nc1ccc(C#CCCO)cc1. The van der Waals surface area contributed by atoms with E-state index in [4.69, 9.17) is 9.63 Å². The Labute approximate surface area is 116 Å². The van der Waals surface area contributed by atoms with Gasteiger partial charge in [0.05, 0.1) is 12.8 Å². The Morgan fingerprint density at radius 1 is 1.40 bits per heavy atom. The maximum Gasteiger partial charge on any atom is 0.294 e. The zero-order valence-corrected chi connectivity index (χ0v) is 11.0. The van der Waals surface area contributed by atoms with E-state index in [1.807, 2.05) is 0 Å². The molecular formula is C15H14N2O3. The quantitative estimate of drug-likeness (QED) is 0.836. The second kappa shape index (κ2) is 6.55. The molecule has 1 amide bonds. The van der Waals surface area contributed by atoms with Gasteiger partial charge in [0, 0.05) is 23.2 Å². The zero-order valence-electron chi connectivity index (χ0n) is 11.0. The molecule has 102 valence electrons. The Balaban J connectivity index is 2.03. The molecule has 0 bridgehead atoms. The van der Waals surface area contributed by atoms with Gasteiger partial charge in [-0.2, -0.15) is 0 Å². The van der Waals surface area contributed by atoms with Crippen LogP contribution < -0.4 is 5.32 Å². The fraction of sp³-hybridized carbons (Fsp3) is 0.200. The van der Waals surface area contributed by atoms with Crippen LogP contribution in [0.25, 0.3) is 0 Å². The van der Waals surface area contributed by atoms with Crippen LogP contribution in [0.5, 0.6) is 0 Å². The fourth-order valence-electron chi connectivity index (χ4n) is 1.55. The van der Waals surface area contributed by atoms with Crippen LogP contribution in [0.1, 0.15) is 28.1 Å². The minimum Gasteiger partial charge on any atom is -0.395 e. The van der Waals surface area contributed by atoms with Gasteiger partial charge in [0.25, 0.3) is 5.91 Å². The minimum atomic E-state index is -0.334. The van der Waals surface area contributed by atoms with Crippen molar-refractivity contribution in [2.75, 3.05) is 11.9 Å². The van der Waals surface area contributed by atoms with Crippen LogP contribution in [0.3, 0.4) is 0 Å². The lowest BCUT2D eigenvalue weighted by Gasteiger charge is -2.03. The highest BCUT2D eigenvalue weighted by Crippen LogP contribution is 2.12. The number of aliphatic hydroxyl groups excluding tert-OH is 1. The highest BCUT2D eigenvalue weighted by Gasteiger charge is 2.13. The third kappa shape index (κ3) is 3.46. The Kier molecular flexibility index (Phi) is 4.53. The number of hydrogen-bond acceptors (Lipinski definition) is 4. The van der Waals surface area contributed by atoms with Gasteiger partial charge >= 0.3 is 0 Å². The van der Waals surface area contributed by atoms with Gasteiger partial charge in [0.1, 0.15) is 0 Å². The standard InChI is InChI=1S/C15H14N2O3/c1-11-10-16-20-14(11)15(19)17-13-7-5-12(6-8-13)4-2-3-9-18/h5-8,10,18H,3,9H2,1H3,(H,17,19). The van der Waals surface area contributed by atoms with E-state index < -0.39 is 0 Å². The van der Waals surface area contributed by atoms with Gasteiger partial charge in [0.2, 0.25) is 5.76 Å². The second-order valence-corrected chi connectivity index (χ2v) is 4.14. The highest BCUT2D eigenvalue weighted by atomic mass is 16.5. The van der Waals surface area contributed by atoms with E-state index in [-0.39, 0.29) is 18.3 Å². The third-order valence-corrected chi connectivity index (χ3v) is 2.57. The van der Waals surface area contributed by atoms with Crippen LogP contribution in [0.4, 0.5) is 5.69 Å². The van der Waals surface area contributed by atoms with Crippen LogP contribution >= 0.6 is 0 Å². The van der Waals surface area contributed by atoms with Gasteiger partial charge in [-0.1, -0.05) is 17.0 Å². The summed E-state index contributed by atoms with van der Waals surface area (Å²) in [4.78, 5) is 11.9. The lowest BCUT2D eigenvalue weighted by Crippen LogP contribution is -2.11. The van der Waals surface area contributed by atoms with Gasteiger partial charge in [-0.05, 0) is 31.2 Å². The number of carbonyl (C=O) groups is 1. The number of aliphatic hydroxyl groups is 1. The van der Waals surface area contributed by atoms with Crippen LogP contribution in [-0.4, -0.2) is 22.8 Å². The predicted molar refractivity (Wildman–Crippen MR) is 74.2 cm³/mol. The minimum absolute atomic E-state index is 0.0532. The summed E-state index contributed by atoms with van der Waals surface area (Å²) < 4.78 is 4.88. The molecule has 5 heteroatoms. The molecule has 0 atom stereocenters. The number of aromatic nitrogens is 1. The van der Waals surface area contributed by atoms with E-state index in [1.165, 1.54) is 6.20 Å². The Bertz CT molecular complexity index is 648. The molecule has 0 aliphatic rings. The van der Waals surface area contributed by atoms with Crippen LogP contribution in [0.2, 0.25) is 0 Å². The summed E-state index contributed by atoms with van der Waals surface area (Å²) in [7, 11) is 0. The number of nitrogens with zero attached hydrogens (tertiary/aromatic N) is 1. The predicted octanol–water partition coefficient (Wildman–Crippen LogP) is 1.97. The van der Waals surface area contributed by atoms with Gasteiger partial charge in [-0.3, -0.25) is 4.79 Å². The number of carbonyl (C=O) groups excluding carboxylic acids is 1. The summed E-state index contributed by atoms with van der Waals surface area (Å²) in [5.74, 6) is 5.61. The molecule has 1 aromatic heterocycles. The first kappa shape index (κ1) is 13.8. The van der Waals surface area contributed by atoms with E-state index in [1.54, 1.807) is 31.2 Å². The summed E-state index contributed by atoms with van der Waals surface area (Å²) >= 11 is 0. The third-order valence-electron chi connectivity index (χ3n) is 2.57. The molecule has 0 radical (unpaired) electrons. The van der Waals surface area contributed by atoms with Gasteiger partial charge in [0.15, 0.2) is 0 Å². The lowest BCUT2D eigenvalue weighted by molar-refractivity contribution is 0.0987. The van der Waals surface area contributed by atoms with Crippen molar-refractivity contribution in [1.29, 1.82) is 0 Å². The maximum atomic E-state index is 11.9. The van der Waals surface area contributed by atoms with Crippen LogP contribution in [0, 0.1) is 18.8 Å². The van der Waals surface area contributed by atoms with E-state index in [9.17, 15) is 4.79 Å². The average Bonchev–Trinajstić information content (AvgIpc) is 2.87. The first-order chi connectivity index (χ1) is 9.70. The summed E-state index contributed by atoms with van der Waals surface area (Å²) in [5, 5.41) is 14.9. The van der Waals surface area contributed by atoms with Crippen molar-refractivity contribution < 1.29 is 14.4 Å². The molecule has 0 saturated carbocycles. The van der Waals surface area contributed by atoms with Gasteiger partial charge in [-0.25, -0.2) is 0 Å². The molecular weight excluding hydrogens is 256 g/mol. The van der Waals surface area contributed by atoms with Crippen LogP contribution in [0.15, 0.2) is 35.0 Å². The van der Waals surface area contributed by atoms with Crippen molar-refractivity contribution in [1.82, 2.24) is 5.16 Å². The summed E-state index contributed by atoms with van der Waals surface area (Å²) in [6.45, 7) is 1.81. The monoisotopic (exact) mass is 270 g/mol. The molecule has 2 N–H and O–H groups in total. The maximum absolute atomic E-state index is 11.9. The summed E-state index contributed by atoms with van der Waals surface area (Å²) in [6, 6.07) is 7.11. The number of benzene rings is 1. The molecule has 5 nitrogen and oxygen atoms in total. The number of anilines is 1. The van der Waals surface area contributed by atoms with E-state index in [0.717, 1.165) is 5.56 Å². The van der Waals surface area contributed by atoms with Crippen molar-refractivity contribution in [2.24, 2.45) is 0 Å². The van der Waals surface area contributed by atoms with E-state index in [2.05, 4.69) is 22.3 Å². The number of nitrogens with one attached hydrogen (secondary N) is 1. The van der Waals surface area contributed by atoms with Gasteiger partial charge < -0.3 is 14.9 Å². The lowest BCUT2D eigenvalue weighted by atomic mass is 10.2. The molecule has 0 fully saturated rings. The first-order valence-electron chi connectivity index (χ1n) is 6.13. The molecule has 2 rings (SSSR count). The smallest absolute Gasteiger partial charge is 0.294 e.